The lowest BCUT2D eigenvalue weighted by atomic mass is 10.0. The second kappa shape index (κ2) is 71.1. The zero-order valence-corrected chi connectivity index (χ0v) is 65.0. The van der Waals surface area contributed by atoms with E-state index in [1.54, 1.807) is 0 Å². The summed E-state index contributed by atoms with van der Waals surface area (Å²) in [7, 11) is -9.91. The first kappa shape index (κ1) is 95.1. The Morgan fingerprint density at radius 3 is 0.701 bits per heavy atom. The molecule has 0 aromatic rings. The Bertz CT molecular complexity index is 1860. The molecule has 5 atom stereocenters. The Hall–Kier alpha value is -1.94. The van der Waals surface area contributed by atoms with Gasteiger partial charge >= 0.3 is 39.5 Å². The molecule has 17 nitrogen and oxygen atoms in total. The van der Waals surface area contributed by atoms with Gasteiger partial charge in [0.2, 0.25) is 0 Å². The number of unbranched alkanes of at least 4 members (excludes halogenated alkanes) is 50. The fraction of sp³-hybridized carbons (Fsp3) is 0.949. The molecule has 0 saturated carbocycles. The van der Waals surface area contributed by atoms with Gasteiger partial charge in [-0.15, -0.1) is 0 Å². The molecule has 0 aliphatic carbocycles. The molecule has 0 amide bonds. The zero-order valence-electron chi connectivity index (χ0n) is 63.2. The summed E-state index contributed by atoms with van der Waals surface area (Å²) < 4.78 is 68.6. The number of carbonyl (C=O) groups is 4. The Kier molecular flexibility index (Phi) is 69.6. The van der Waals surface area contributed by atoms with E-state index in [4.69, 9.17) is 37.0 Å². The lowest BCUT2D eigenvalue weighted by Crippen LogP contribution is -2.30. The minimum Gasteiger partial charge on any atom is -0.462 e. The van der Waals surface area contributed by atoms with Crippen molar-refractivity contribution < 1.29 is 80.2 Å². The van der Waals surface area contributed by atoms with Crippen LogP contribution in [0.5, 0.6) is 0 Å². The molecule has 0 aromatic carbocycles. The van der Waals surface area contributed by atoms with Crippen molar-refractivity contribution in [2.45, 2.75) is 432 Å². The van der Waals surface area contributed by atoms with Gasteiger partial charge in [-0.2, -0.15) is 0 Å². The smallest absolute Gasteiger partial charge is 0.462 e. The summed E-state index contributed by atoms with van der Waals surface area (Å²) in [6, 6.07) is 0. The third-order valence-corrected chi connectivity index (χ3v) is 20.2. The Morgan fingerprint density at radius 2 is 0.474 bits per heavy atom. The highest BCUT2D eigenvalue weighted by Gasteiger charge is 2.30. The van der Waals surface area contributed by atoms with Crippen molar-refractivity contribution in [3.63, 3.8) is 0 Å². The van der Waals surface area contributed by atoms with Crippen LogP contribution in [-0.2, 0) is 65.4 Å². The maximum absolute atomic E-state index is 13.1. The maximum atomic E-state index is 13.1. The van der Waals surface area contributed by atoms with Gasteiger partial charge in [0.05, 0.1) is 26.4 Å². The minimum absolute atomic E-state index is 0.107. The van der Waals surface area contributed by atoms with Gasteiger partial charge in [0, 0.05) is 25.7 Å². The van der Waals surface area contributed by atoms with Gasteiger partial charge < -0.3 is 33.8 Å². The van der Waals surface area contributed by atoms with Crippen LogP contribution in [0.25, 0.3) is 0 Å². The van der Waals surface area contributed by atoms with E-state index >= 15 is 0 Å². The third kappa shape index (κ3) is 72.2. The monoisotopic (exact) mass is 1420 g/mol. The van der Waals surface area contributed by atoms with Crippen molar-refractivity contribution in [1.82, 2.24) is 0 Å². The largest absolute Gasteiger partial charge is 0.472 e. The van der Waals surface area contributed by atoms with Crippen LogP contribution >= 0.6 is 15.6 Å². The van der Waals surface area contributed by atoms with Crippen molar-refractivity contribution in [1.29, 1.82) is 0 Å². The first-order chi connectivity index (χ1) is 47.0. The Balaban J connectivity index is 5.25. The number of carbonyl (C=O) groups excluding carboxylic acids is 4. The van der Waals surface area contributed by atoms with Gasteiger partial charge in [0.25, 0.3) is 0 Å². The molecule has 0 aliphatic heterocycles. The van der Waals surface area contributed by atoms with E-state index in [0.29, 0.717) is 25.7 Å². The summed E-state index contributed by atoms with van der Waals surface area (Å²) in [6.07, 6.45) is 60.9. The molecule has 2 unspecified atom stereocenters. The number of phosphoric acid groups is 2. The molecule has 0 bridgehead atoms. The summed E-state index contributed by atoms with van der Waals surface area (Å²) in [6.45, 7) is 7.32. The maximum Gasteiger partial charge on any atom is 0.472 e. The fourth-order valence-corrected chi connectivity index (χ4v) is 13.6. The molecule has 3 N–H and O–H groups in total. The van der Waals surface area contributed by atoms with Gasteiger partial charge in [0.1, 0.15) is 19.3 Å². The molecule has 19 heteroatoms. The van der Waals surface area contributed by atoms with Crippen LogP contribution in [0.15, 0.2) is 0 Å². The van der Waals surface area contributed by atoms with Crippen LogP contribution in [0, 0.1) is 5.92 Å². The van der Waals surface area contributed by atoms with E-state index in [1.807, 2.05) is 0 Å². The third-order valence-electron chi connectivity index (χ3n) is 18.3. The molecule has 0 aliphatic rings. The van der Waals surface area contributed by atoms with E-state index in [0.717, 1.165) is 95.8 Å². The SMILES string of the molecule is CCCCCCCCCCCCCCCCCCC(=O)OC[C@H](COP(=O)(O)OC[C@@H](O)COP(=O)(O)OC[C@@H](COC(=O)CCCCCCCCCCCCC)OC(=O)CCCCCCCCCCCCCC(C)C)OC(=O)CCCCCCCCCCCCCCCCCC. The second-order valence-corrected chi connectivity index (χ2v) is 31.5. The molecule has 0 fully saturated rings. The van der Waals surface area contributed by atoms with Crippen molar-refractivity contribution >= 4 is 39.5 Å². The molecule has 0 heterocycles. The lowest BCUT2D eigenvalue weighted by Gasteiger charge is -2.21. The zero-order chi connectivity index (χ0) is 71.2. The van der Waals surface area contributed by atoms with Crippen molar-refractivity contribution in [3.8, 4) is 0 Å². The van der Waals surface area contributed by atoms with E-state index in [-0.39, 0.29) is 25.7 Å². The highest BCUT2D eigenvalue weighted by atomic mass is 31.2. The number of ether oxygens (including phenoxy) is 4. The molecular weight excluding hydrogens is 1270 g/mol. The first-order valence-electron chi connectivity index (χ1n) is 40.6. The predicted octanol–water partition coefficient (Wildman–Crippen LogP) is 23.3. The summed E-state index contributed by atoms with van der Waals surface area (Å²) in [4.78, 5) is 72.9. The van der Waals surface area contributed by atoms with Crippen LogP contribution < -0.4 is 0 Å². The highest BCUT2D eigenvalue weighted by Crippen LogP contribution is 2.45. The molecule has 0 aromatic heterocycles. The summed E-state index contributed by atoms with van der Waals surface area (Å²) in [5.74, 6) is -1.34. The van der Waals surface area contributed by atoms with E-state index < -0.39 is 97.5 Å². The number of hydrogen-bond donors (Lipinski definition) is 3. The van der Waals surface area contributed by atoms with Crippen LogP contribution in [0.1, 0.15) is 413 Å². The quantitative estimate of drug-likeness (QED) is 0.0222. The number of rotatable bonds is 78. The first-order valence-corrected chi connectivity index (χ1v) is 43.6. The molecule has 0 rings (SSSR count). The molecule has 0 radical (unpaired) electrons. The van der Waals surface area contributed by atoms with E-state index in [2.05, 4.69) is 34.6 Å². The molecule has 0 spiro atoms. The number of aliphatic hydroxyl groups excluding tert-OH is 1. The molecule has 0 saturated heterocycles. The predicted molar refractivity (Wildman–Crippen MR) is 395 cm³/mol. The number of aliphatic hydroxyl groups is 1. The average Bonchev–Trinajstić information content (AvgIpc) is 1.97. The van der Waals surface area contributed by atoms with E-state index in [1.165, 1.54) is 238 Å². The van der Waals surface area contributed by atoms with Crippen LogP contribution in [0.2, 0.25) is 0 Å². The Morgan fingerprint density at radius 1 is 0.278 bits per heavy atom. The number of phosphoric ester groups is 2. The van der Waals surface area contributed by atoms with Gasteiger partial charge in [0.15, 0.2) is 12.2 Å². The summed E-state index contributed by atoms with van der Waals surface area (Å²) in [5, 5.41) is 10.6. The summed E-state index contributed by atoms with van der Waals surface area (Å²) >= 11 is 0. The number of hydrogen-bond acceptors (Lipinski definition) is 15. The molecular formula is C78H152O17P2. The van der Waals surface area contributed by atoms with Gasteiger partial charge in [-0.3, -0.25) is 37.3 Å². The van der Waals surface area contributed by atoms with Crippen LogP contribution in [0.4, 0.5) is 0 Å². The van der Waals surface area contributed by atoms with Crippen molar-refractivity contribution in [2.75, 3.05) is 39.6 Å². The lowest BCUT2D eigenvalue weighted by molar-refractivity contribution is -0.161. The highest BCUT2D eigenvalue weighted by molar-refractivity contribution is 7.47. The fourth-order valence-electron chi connectivity index (χ4n) is 12.1. The second-order valence-electron chi connectivity index (χ2n) is 28.6. The summed E-state index contributed by atoms with van der Waals surface area (Å²) in [5.41, 5.74) is 0. The molecule has 576 valence electrons. The van der Waals surface area contributed by atoms with Gasteiger partial charge in [-0.05, 0) is 31.6 Å². The van der Waals surface area contributed by atoms with Gasteiger partial charge in [-0.25, -0.2) is 9.13 Å². The minimum atomic E-state index is -4.96. The van der Waals surface area contributed by atoms with Crippen LogP contribution in [0.3, 0.4) is 0 Å². The Labute approximate surface area is 594 Å². The topological polar surface area (TPSA) is 237 Å². The standard InChI is InChI=1S/C78H152O17P2/c1-6-9-12-15-18-21-24-26-28-30-32-37-42-47-52-57-62-76(81)89-68-74(94-77(82)63-58-53-48-43-38-33-31-29-27-25-22-19-16-13-10-7-2)70-93-97(86,87)91-66-72(79)65-90-96(84,85)92-69-73(67-88-75(80)61-56-51-46-41-35-23-20-17-14-11-8-3)95-78(83)64-59-54-49-44-39-34-36-40-45-50-55-60-71(4)5/h71-74,79H,6-70H2,1-5H3,(H,84,85)(H,86,87)/t72-,73+,74+/m0/s1. The van der Waals surface area contributed by atoms with Gasteiger partial charge in [-0.1, -0.05) is 362 Å². The van der Waals surface area contributed by atoms with E-state index in [9.17, 15) is 43.2 Å². The van der Waals surface area contributed by atoms with Crippen LogP contribution in [-0.4, -0.2) is 96.7 Å². The average molecular weight is 1420 g/mol. The van der Waals surface area contributed by atoms with Crippen molar-refractivity contribution in [2.24, 2.45) is 5.92 Å². The number of esters is 4. The molecule has 97 heavy (non-hydrogen) atoms. The normalized spacial score (nSPS) is 13.9. The van der Waals surface area contributed by atoms with Crippen molar-refractivity contribution in [3.05, 3.63) is 0 Å².